The summed E-state index contributed by atoms with van der Waals surface area (Å²) in [6.45, 7) is 10.8. The highest BCUT2D eigenvalue weighted by molar-refractivity contribution is 7.90. The number of likely N-dealkylation sites (tertiary alicyclic amines) is 1. The number of piperidine rings is 1. The van der Waals surface area contributed by atoms with Gasteiger partial charge in [0.2, 0.25) is 10.0 Å². The zero-order valence-electron chi connectivity index (χ0n) is 30.4. The molecular formula is C40H54ClN3O6S. The van der Waals surface area contributed by atoms with E-state index in [-0.39, 0.29) is 17.4 Å². The third kappa shape index (κ3) is 7.45. The molecule has 4 heterocycles. The molecule has 278 valence electrons. The molecule has 1 spiro atoms. The van der Waals surface area contributed by atoms with Crippen molar-refractivity contribution < 1.29 is 27.4 Å². The highest BCUT2D eigenvalue weighted by Gasteiger charge is 2.53. The van der Waals surface area contributed by atoms with Crippen LogP contribution in [0.3, 0.4) is 0 Å². The lowest BCUT2D eigenvalue weighted by Crippen LogP contribution is -2.64. The lowest BCUT2D eigenvalue weighted by atomic mass is 9.66. The molecule has 4 aliphatic heterocycles. The number of carbonyl (C=O) groups excluding carboxylic acids is 1. The van der Waals surface area contributed by atoms with Crippen LogP contribution in [-0.4, -0.2) is 75.2 Å². The van der Waals surface area contributed by atoms with Crippen molar-refractivity contribution in [1.82, 2.24) is 9.62 Å². The Morgan fingerprint density at radius 3 is 2.53 bits per heavy atom. The number of sulfonamides is 1. The summed E-state index contributed by atoms with van der Waals surface area (Å²) in [5, 5.41) is -0.0628. The van der Waals surface area contributed by atoms with Gasteiger partial charge < -0.3 is 19.1 Å². The standard InChI is InChI=1S/C40H54ClN3O6S/c1-4-49-40(44-21-17-39(18-22-44)19-23-50-39)16-7-8-28(2)29(3)51(46,47)42-38(45)31-12-15-37-36(25-31)43(26-32-11-14-35(32)40)20-6-5-9-30-24-34(41)13-10-33(30)27-48-37/h7,10,12-13,15-16,24-25,28-29,32,35H,4-6,8-9,11,14,17-23,26-27H2,1-3H3,(H,42,45)/b16-7+/t28?,29-,32+,35-,40-/m1/s1. The molecule has 1 saturated carbocycles. The van der Waals surface area contributed by atoms with Gasteiger partial charge in [0.15, 0.2) is 0 Å². The number of allylic oxidation sites excluding steroid dienone is 1. The van der Waals surface area contributed by atoms with Crippen LogP contribution >= 0.6 is 11.6 Å². The van der Waals surface area contributed by atoms with Crippen molar-refractivity contribution in [2.75, 3.05) is 44.3 Å². The summed E-state index contributed by atoms with van der Waals surface area (Å²) in [6.07, 6.45) is 13.0. The summed E-state index contributed by atoms with van der Waals surface area (Å²) in [5.41, 5.74) is 2.81. The molecule has 11 heteroatoms. The van der Waals surface area contributed by atoms with Gasteiger partial charge in [0.25, 0.3) is 5.91 Å². The third-order valence-electron chi connectivity index (χ3n) is 12.5. The topological polar surface area (TPSA) is 97.4 Å². The smallest absolute Gasteiger partial charge is 0.264 e. The normalized spacial score (nSPS) is 31.8. The quantitative estimate of drug-likeness (QED) is 0.333. The van der Waals surface area contributed by atoms with E-state index in [9.17, 15) is 13.2 Å². The molecule has 5 aliphatic rings. The summed E-state index contributed by atoms with van der Waals surface area (Å²) in [7, 11) is -3.96. The zero-order valence-corrected chi connectivity index (χ0v) is 31.9. The molecule has 2 saturated heterocycles. The van der Waals surface area contributed by atoms with Crippen LogP contribution in [0.5, 0.6) is 5.75 Å². The molecule has 0 aromatic heterocycles. The predicted octanol–water partition coefficient (Wildman–Crippen LogP) is 7.12. The number of carbonyl (C=O) groups is 1. The number of halogens is 1. The van der Waals surface area contributed by atoms with Gasteiger partial charge in [0.05, 0.1) is 23.1 Å². The van der Waals surface area contributed by atoms with Gasteiger partial charge in [-0.2, -0.15) is 0 Å². The molecule has 7 rings (SSSR count). The van der Waals surface area contributed by atoms with Crippen LogP contribution in [-0.2, 0) is 32.5 Å². The molecule has 1 amide bonds. The van der Waals surface area contributed by atoms with E-state index in [0.29, 0.717) is 36.9 Å². The molecule has 51 heavy (non-hydrogen) atoms. The Morgan fingerprint density at radius 1 is 1.02 bits per heavy atom. The summed E-state index contributed by atoms with van der Waals surface area (Å²) in [5.74, 6) is 0.416. The van der Waals surface area contributed by atoms with E-state index in [2.05, 4.69) is 33.6 Å². The highest BCUT2D eigenvalue weighted by atomic mass is 35.5. The maximum Gasteiger partial charge on any atom is 0.264 e. The largest absolute Gasteiger partial charge is 0.487 e. The Kier molecular flexibility index (Phi) is 10.8. The van der Waals surface area contributed by atoms with E-state index in [4.69, 9.17) is 25.8 Å². The van der Waals surface area contributed by atoms with Crippen LogP contribution in [0.15, 0.2) is 48.6 Å². The number of ether oxygens (including phenoxy) is 3. The van der Waals surface area contributed by atoms with Crippen molar-refractivity contribution in [1.29, 1.82) is 0 Å². The van der Waals surface area contributed by atoms with Crippen LogP contribution in [0.2, 0.25) is 5.02 Å². The fourth-order valence-corrected chi connectivity index (χ4v) is 10.4. The molecule has 9 nitrogen and oxygen atoms in total. The van der Waals surface area contributed by atoms with Crippen molar-refractivity contribution in [3.05, 3.63) is 70.3 Å². The molecule has 1 N–H and O–H groups in total. The average Bonchev–Trinajstić information content (AvgIpc) is 3.11. The second kappa shape index (κ2) is 15.0. The van der Waals surface area contributed by atoms with Gasteiger partial charge in [-0.05, 0) is 131 Å². The van der Waals surface area contributed by atoms with Crippen molar-refractivity contribution in [2.24, 2.45) is 17.8 Å². The predicted molar refractivity (Wildman–Crippen MR) is 201 cm³/mol. The van der Waals surface area contributed by atoms with Gasteiger partial charge in [-0.15, -0.1) is 0 Å². The Labute approximate surface area is 309 Å². The lowest BCUT2D eigenvalue weighted by molar-refractivity contribution is -0.227. The first-order valence-electron chi connectivity index (χ1n) is 19.1. The minimum absolute atomic E-state index is 0.0145. The molecule has 0 radical (unpaired) electrons. The van der Waals surface area contributed by atoms with Gasteiger partial charge in [0.1, 0.15) is 18.1 Å². The zero-order chi connectivity index (χ0) is 35.8. The number of aryl methyl sites for hydroxylation is 1. The first-order chi connectivity index (χ1) is 24.5. The molecule has 1 unspecified atom stereocenters. The van der Waals surface area contributed by atoms with Gasteiger partial charge in [-0.3, -0.25) is 9.69 Å². The van der Waals surface area contributed by atoms with Crippen LogP contribution < -0.4 is 14.4 Å². The molecule has 2 aromatic rings. The van der Waals surface area contributed by atoms with E-state index in [1.54, 1.807) is 13.0 Å². The Hall–Kier alpha value is -2.63. The summed E-state index contributed by atoms with van der Waals surface area (Å²) in [4.78, 5) is 18.5. The fraction of sp³-hybridized carbons (Fsp3) is 0.625. The number of hydrogen-bond donors (Lipinski definition) is 1. The third-order valence-corrected chi connectivity index (χ3v) is 14.7. The summed E-state index contributed by atoms with van der Waals surface area (Å²) >= 11 is 6.41. The molecular weight excluding hydrogens is 686 g/mol. The number of nitrogens with zero attached hydrogens (tertiary/aromatic N) is 2. The van der Waals surface area contributed by atoms with Crippen molar-refractivity contribution in [2.45, 2.75) is 102 Å². The Balaban J connectivity index is 1.28. The minimum Gasteiger partial charge on any atom is -0.487 e. The van der Waals surface area contributed by atoms with Crippen molar-refractivity contribution >= 4 is 33.2 Å². The van der Waals surface area contributed by atoms with Crippen molar-refractivity contribution in [3.8, 4) is 5.75 Å². The molecule has 5 atom stereocenters. The molecule has 2 bridgehead atoms. The second-order valence-corrected chi connectivity index (χ2v) is 18.0. The van der Waals surface area contributed by atoms with E-state index in [1.807, 2.05) is 37.3 Å². The minimum atomic E-state index is -3.96. The van der Waals surface area contributed by atoms with Crippen LogP contribution in [0.1, 0.15) is 93.6 Å². The van der Waals surface area contributed by atoms with Gasteiger partial charge >= 0.3 is 0 Å². The monoisotopic (exact) mass is 739 g/mol. The second-order valence-electron chi connectivity index (χ2n) is 15.5. The van der Waals surface area contributed by atoms with Crippen LogP contribution in [0.4, 0.5) is 5.69 Å². The number of hydrogen-bond acceptors (Lipinski definition) is 8. The van der Waals surface area contributed by atoms with E-state index < -0.39 is 26.9 Å². The molecule has 2 aromatic carbocycles. The average molecular weight is 740 g/mol. The first kappa shape index (κ1) is 36.7. The highest BCUT2D eigenvalue weighted by Crippen LogP contribution is 2.50. The van der Waals surface area contributed by atoms with Gasteiger partial charge in [-0.25, -0.2) is 13.1 Å². The number of rotatable bonds is 3. The van der Waals surface area contributed by atoms with Crippen LogP contribution in [0, 0.1) is 17.8 Å². The fourth-order valence-electron chi connectivity index (χ4n) is 8.91. The molecule has 1 aliphatic carbocycles. The number of nitrogens with one attached hydrogen (secondary N) is 1. The maximum atomic E-state index is 13.6. The molecule has 3 fully saturated rings. The lowest BCUT2D eigenvalue weighted by Gasteiger charge is -2.57. The summed E-state index contributed by atoms with van der Waals surface area (Å²) in [6, 6.07) is 11.3. The SMILES string of the molecule is CCO[C@]1(N2CCC3(CCO3)CC2)/C=C/CC(C)[C@@H](C)S(=O)(=O)NC(=O)c2ccc3c(c2)N(CCCCc2cc(Cl)ccc2CO3)C[C@@H]2CC[C@H]21. The summed E-state index contributed by atoms with van der Waals surface area (Å²) < 4.78 is 49.2. The van der Waals surface area contributed by atoms with Crippen LogP contribution in [0.25, 0.3) is 0 Å². The van der Waals surface area contributed by atoms with E-state index in [0.717, 1.165) is 100 Å². The van der Waals surface area contributed by atoms with Crippen molar-refractivity contribution in [3.63, 3.8) is 0 Å². The number of fused-ring (bicyclic) bond motifs is 3. The van der Waals surface area contributed by atoms with Gasteiger partial charge in [-0.1, -0.05) is 30.7 Å². The number of benzene rings is 2. The Morgan fingerprint density at radius 2 is 1.82 bits per heavy atom. The van der Waals surface area contributed by atoms with Gasteiger partial charge in [0, 0.05) is 49.3 Å². The van der Waals surface area contributed by atoms with E-state index in [1.165, 1.54) is 5.56 Å². The number of amides is 1. The maximum absolute atomic E-state index is 13.6. The Bertz CT molecular complexity index is 1720. The number of anilines is 1. The first-order valence-corrected chi connectivity index (χ1v) is 21.0. The van der Waals surface area contributed by atoms with E-state index >= 15 is 0 Å².